The molecule has 0 atom stereocenters. The lowest BCUT2D eigenvalue weighted by Crippen LogP contribution is -2.05. The van der Waals surface area contributed by atoms with Gasteiger partial charge >= 0.3 is 5.97 Å². The van der Waals surface area contributed by atoms with E-state index in [1.165, 1.54) is 5.56 Å². The second kappa shape index (κ2) is 5.69. The van der Waals surface area contributed by atoms with Crippen LogP contribution in [0.25, 0.3) is 11.3 Å². The lowest BCUT2D eigenvalue weighted by Gasteiger charge is -2.00. The quantitative estimate of drug-likeness (QED) is 0.897. The van der Waals surface area contributed by atoms with Crippen LogP contribution in [0.3, 0.4) is 0 Å². The Morgan fingerprint density at radius 3 is 2.58 bits per heavy atom. The van der Waals surface area contributed by atoms with Gasteiger partial charge in [-0.1, -0.05) is 37.6 Å². The Morgan fingerprint density at radius 1 is 1.32 bits per heavy atom. The molecule has 0 saturated carbocycles. The van der Waals surface area contributed by atoms with Crippen molar-refractivity contribution in [2.75, 3.05) is 0 Å². The molecule has 0 unspecified atom stereocenters. The molecule has 2 aromatic rings. The van der Waals surface area contributed by atoms with Crippen molar-refractivity contribution >= 4 is 5.97 Å². The summed E-state index contributed by atoms with van der Waals surface area (Å²) in [7, 11) is 1.77. The molecule has 1 N–H and O–H groups in total. The average Bonchev–Trinajstić information content (AvgIpc) is 2.71. The lowest BCUT2D eigenvalue weighted by atomic mass is 10.1. The van der Waals surface area contributed by atoms with Crippen molar-refractivity contribution in [1.29, 1.82) is 0 Å². The van der Waals surface area contributed by atoms with Gasteiger partial charge in [-0.25, -0.2) is 0 Å². The minimum Gasteiger partial charge on any atom is -0.481 e. The molecule has 1 aromatic carbocycles. The highest BCUT2D eigenvalue weighted by Crippen LogP contribution is 2.20. The van der Waals surface area contributed by atoms with Crippen molar-refractivity contribution in [2.45, 2.75) is 26.2 Å². The molecule has 2 rings (SSSR count). The number of aryl methyl sites for hydroxylation is 2. The van der Waals surface area contributed by atoms with Gasteiger partial charge in [0.25, 0.3) is 0 Å². The third-order valence-corrected chi connectivity index (χ3v) is 3.10. The maximum absolute atomic E-state index is 10.7. The number of aliphatic carboxylic acids is 1. The molecule has 0 aliphatic heterocycles. The zero-order chi connectivity index (χ0) is 13.8. The van der Waals surface area contributed by atoms with Gasteiger partial charge in [0, 0.05) is 18.3 Å². The first kappa shape index (κ1) is 13.3. The summed E-state index contributed by atoms with van der Waals surface area (Å²) in [6.07, 6.45) is 2.20. The Labute approximate surface area is 112 Å². The maximum Gasteiger partial charge on any atom is 0.309 e. The lowest BCUT2D eigenvalue weighted by molar-refractivity contribution is -0.136. The van der Waals surface area contributed by atoms with Gasteiger partial charge in [-0.15, -0.1) is 0 Å². The topological polar surface area (TPSA) is 55.1 Å². The van der Waals surface area contributed by atoms with Crippen LogP contribution in [0.15, 0.2) is 30.3 Å². The number of benzene rings is 1. The van der Waals surface area contributed by atoms with Crippen LogP contribution in [0.1, 0.15) is 24.6 Å². The van der Waals surface area contributed by atoms with E-state index >= 15 is 0 Å². The van der Waals surface area contributed by atoms with Crippen LogP contribution in [0.5, 0.6) is 0 Å². The van der Waals surface area contributed by atoms with E-state index in [0.29, 0.717) is 5.69 Å². The predicted molar refractivity (Wildman–Crippen MR) is 74.0 cm³/mol. The first-order chi connectivity index (χ1) is 9.10. The molecule has 4 heteroatoms. The molecule has 0 amide bonds. The van der Waals surface area contributed by atoms with Crippen molar-refractivity contribution < 1.29 is 9.90 Å². The fourth-order valence-electron chi connectivity index (χ4n) is 2.10. The van der Waals surface area contributed by atoms with E-state index in [9.17, 15) is 4.79 Å². The summed E-state index contributed by atoms with van der Waals surface area (Å²) in [6.45, 7) is 2.16. The Bertz CT molecular complexity index is 570. The molecular weight excluding hydrogens is 240 g/mol. The monoisotopic (exact) mass is 258 g/mol. The molecule has 0 fully saturated rings. The molecule has 0 bridgehead atoms. The van der Waals surface area contributed by atoms with E-state index in [0.717, 1.165) is 24.1 Å². The number of hydrogen-bond acceptors (Lipinski definition) is 2. The standard InChI is InChI=1S/C15H18N2O2/c1-3-4-11-5-7-12(8-6-11)14-9-13(10-15(18)19)17(2)16-14/h5-9H,3-4,10H2,1-2H3,(H,18,19). The van der Waals surface area contributed by atoms with Gasteiger partial charge in [0.05, 0.1) is 12.1 Å². The number of carbonyl (C=O) groups is 1. The highest BCUT2D eigenvalue weighted by atomic mass is 16.4. The summed E-state index contributed by atoms with van der Waals surface area (Å²) in [5, 5.41) is 13.2. The Morgan fingerprint density at radius 2 is 2.00 bits per heavy atom. The van der Waals surface area contributed by atoms with Crippen molar-refractivity contribution in [3.8, 4) is 11.3 Å². The molecule has 100 valence electrons. The molecule has 0 radical (unpaired) electrons. The number of rotatable bonds is 5. The van der Waals surface area contributed by atoms with Gasteiger partial charge < -0.3 is 5.11 Å². The average molecular weight is 258 g/mol. The normalized spacial score (nSPS) is 10.6. The van der Waals surface area contributed by atoms with Gasteiger partial charge in [-0.2, -0.15) is 5.10 Å². The third kappa shape index (κ3) is 3.22. The van der Waals surface area contributed by atoms with E-state index in [2.05, 4.69) is 24.2 Å². The largest absolute Gasteiger partial charge is 0.481 e. The first-order valence-electron chi connectivity index (χ1n) is 6.44. The molecule has 1 heterocycles. The van der Waals surface area contributed by atoms with Crippen LogP contribution in [-0.4, -0.2) is 20.9 Å². The van der Waals surface area contributed by atoms with Crippen molar-refractivity contribution in [1.82, 2.24) is 9.78 Å². The van der Waals surface area contributed by atoms with E-state index < -0.39 is 5.97 Å². The van der Waals surface area contributed by atoms with Gasteiger partial charge in [0.1, 0.15) is 0 Å². The van der Waals surface area contributed by atoms with Gasteiger partial charge in [0.15, 0.2) is 0 Å². The second-order valence-corrected chi connectivity index (χ2v) is 4.66. The van der Waals surface area contributed by atoms with E-state index in [-0.39, 0.29) is 6.42 Å². The summed E-state index contributed by atoms with van der Waals surface area (Å²) in [5.74, 6) is -0.840. The SMILES string of the molecule is CCCc1ccc(-c2cc(CC(=O)O)n(C)n2)cc1. The van der Waals surface area contributed by atoms with Gasteiger partial charge in [0.2, 0.25) is 0 Å². The molecule has 4 nitrogen and oxygen atoms in total. The van der Waals surface area contributed by atoms with Gasteiger partial charge in [-0.3, -0.25) is 9.48 Å². The van der Waals surface area contributed by atoms with Crippen molar-refractivity contribution in [2.24, 2.45) is 7.05 Å². The molecule has 0 aliphatic rings. The highest BCUT2D eigenvalue weighted by Gasteiger charge is 2.10. The van der Waals surface area contributed by atoms with Crippen LogP contribution in [0, 0.1) is 0 Å². The molecule has 1 aromatic heterocycles. The van der Waals surface area contributed by atoms with Crippen LogP contribution >= 0.6 is 0 Å². The number of nitrogens with zero attached hydrogens (tertiary/aromatic N) is 2. The third-order valence-electron chi connectivity index (χ3n) is 3.10. The Hall–Kier alpha value is -2.10. The highest BCUT2D eigenvalue weighted by molar-refractivity contribution is 5.70. The minimum atomic E-state index is -0.840. The second-order valence-electron chi connectivity index (χ2n) is 4.66. The molecular formula is C15H18N2O2. The zero-order valence-corrected chi connectivity index (χ0v) is 11.3. The van der Waals surface area contributed by atoms with Crippen molar-refractivity contribution in [3.63, 3.8) is 0 Å². The van der Waals surface area contributed by atoms with Crippen molar-refractivity contribution in [3.05, 3.63) is 41.6 Å². The minimum absolute atomic E-state index is 0.00256. The molecule has 0 aliphatic carbocycles. The van der Waals surface area contributed by atoms with Crippen LogP contribution in [0.4, 0.5) is 0 Å². The molecule has 19 heavy (non-hydrogen) atoms. The summed E-state index contributed by atoms with van der Waals surface area (Å²) in [6, 6.07) is 10.1. The summed E-state index contributed by atoms with van der Waals surface area (Å²) >= 11 is 0. The number of carboxylic acids is 1. The van der Waals surface area contributed by atoms with Crippen LogP contribution in [0.2, 0.25) is 0 Å². The van der Waals surface area contributed by atoms with E-state index in [4.69, 9.17) is 5.11 Å². The summed E-state index contributed by atoms with van der Waals surface area (Å²) in [5.41, 5.74) is 3.86. The molecule has 0 saturated heterocycles. The fourth-order valence-corrected chi connectivity index (χ4v) is 2.10. The number of aromatic nitrogens is 2. The zero-order valence-electron chi connectivity index (χ0n) is 11.3. The summed E-state index contributed by atoms with van der Waals surface area (Å²) < 4.78 is 1.63. The van der Waals surface area contributed by atoms with Gasteiger partial charge in [-0.05, 0) is 18.1 Å². The predicted octanol–water partition coefficient (Wildman–Crippen LogP) is 2.67. The fraction of sp³-hybridized carbons (Fsp3) is 0.333. The number of hydrogen-bond donors (Lipinski definition) is 1. The summed E-state index contributed by atoms with van der Waals surface area (Å²) in [4.78, 5) is 10.7. The smallest absolute Gasteiger partial charge is 0.309 e. The Balaban J connectivity index is 2.24. The van der Waals surface area contributed by atoms with E-state index in [1.807, 2.05) is 18.2 Å². The number of carboxylic acid groups (broad SMARTS) is 1. The van der Waals surface area contributed by atoms with E-state index in [1.54, 1.807) is 11.7 Å². The maximum atomic E-state index is 10.7. The van der Waals surface area contributed by atoms with Crippen LogP contribution in [-0.2, 0) is 24.7 Å². The first-order valence-corrected chi connectivity index (χ1v) is 6.44. The van der Waals surface area contributed by atoms with Crippen LogP contribution < -0.4 is 0 Å². The Kier molecular flexibility index (Phi) is 4.00. The molecule has 0 spiro atoms.